The van der Waals surface area contributed by atoms with Gasteiger partial charge >= 0.3 is 0 Å². The summed E-state index contributed by atoms with van der Waals surface area (Å²) < 4.78 is 5.58. The molecule has 2 nitrogen and oxygen atoms in total. The lowest BCUT2D eigenvalue weighted by Gasteiger charge is -2.36. The van der Waals surface area contributed by atoms with E-state index in [0.717, 1.165) is 25.0 Å². The topological polar surface area (TPSA) is 12.5 Å². The number of likely N-dealkylation sites (N-methyl/N-ethyl adjacent to an activating group) is 1. The van der Waals surface area contributed by atoms with Crippen molar-refractivity contribution in [2.75, 3.05) is 25.0 Å². The maximum atomic E-state index is 5.58. The van der Waals surface area contributed by atoms with Gasteiger partial charge in [-0.05, 0) is 13.5 Å². The molecule has 1 fully saturated rings. The van der Waals surface area contributed by atoms with Crippen LogP contribution in [0.3, 0.4) is 0 Å². The van der Waals surface area contributed by atoms with E-state index in [1.165, 1.54) is 0 Å². The molecule has 0 N–H and O–H groups in total. The van der Waals surface area contributed by atoms with Gasteiger partial charge in [-0.1, -0.05) is 22.9 Å². The van der Waals surface area contributed by atoms with Gasteiger partial charge in [0, 0.05) is 17.9 Å². The van der Waals surface area contributed by atoms with E-state index in [1.54, 1.807) is 0 Å². The van der Waals surface area contributed by atoms with Crippen LogP contribution in [0.1, 0.15) is 13.8 Å². The Morgan fingerprint density at radius 2 is 2.36 bits per heavy atom. The molecule has 1 aliphatic rings. The second-order valence-electron chi connectivity index (χ2n) is 3.05. The van der Waals surface area contributed by atoms with Crippen molar-refractivity contribution in [3.8, 4) is 0 Å². The molecule has 0 aromatic carbocycles. The van der Waals surface area contributed by atoms with Gasteiger partial charge in [-0.25, -0.2) is 0 Å². The summed E-state index contributed by atoms with van der Waals surface area (Å²) in [6, 6.07) is 0.593. The lowest BCUT2D eigenvalue weighted by Crippen LogP contribution is -2.48. The first-order chi connectivity index (χ1) is 5.27. The number of hydrogen-bond donors (Lipinski definition) is 0. The van der Waals surface area contributed by atoms with E-state index in [9.17, 15) is 0 Å². The van der Waals surface area contributed by atoms with Gasteiger partial charge in [-0.15, -0.1) is 0 Å². The molecule has 1 rings (SSSR count). The molecule has 66 valence electrons. The molecular weight excluding hydrogens is 206 g/mol. The fourth-order valence-corrected chi connectivity index (χ4v) is 1.80. The molecular formula is C8H16BrNO. The summed E-state index contributed by atoms with van der Waals surface area (Å²) in [5, 5.41) is 0.955. The summed E-state index contributed by atoms with van der Waals surface area (Å²) >= 11 is 3.44. The lowest BCUT2D eigenvalue weighted by atomic mass is 10.2. The zero-order valence-corrected chi connectivity index (χ0v) is 8.80. The maximum absolute atomic E-state index is 5.58. The summed E-state index contributed by atoms with van der Waals surface area (Å²) in [6.45, 7) is 7.50. The van der Waals surface area contributed by atoms with Gasteiger partial charge < -0.3 is 4.74 Å². The summed E-state index contributed by atoms with van der Waals surface area (Å²) in [6.07, 6.45) is 0.395. The van der Waals surface area contributed by atoms with Crippen LogP contribution in [0.4, 0.5) is 0 Å². The summed E-state index contributed by atoms with van der Waals surface area (Å²) in [7, 11) is 0. The minimum absolute atomic E-state index is 0.395. The van der Waals surface area contributed by atoms with Gasteiger partial charge in [0.15, 0.2) is 0 Å². The first-order valence-corrected chi connectivity index (χ1v) is 5.31. The molecule has 0 bridgehead atoms. The second kappa shape index (κ2) is 4.43. The predicted molar refractivity (Wildman–Crippen MR) is 50.2 cm³/mol. The second-order valence-corrected chi connectivity index (χ2v) is 3.69. The van der Waals surface area contributed by atoms with Crippen molar-refractivity contribution in [3.63, 3.8) is 0 Å². The Bertz CT molecular complexity index is 121. The number of nitrogens with zero attached hydrogens (tertiary/aromatic N) is 1. The van der Waals surface area contributed by atoms with E-state index in [2.05, 4.69) is 34.7 Å². The van der Waals surface area contributed by atoms with Crippen molar-refractivity contribution in [1.82, 2.24) is 4.90 Å². The monoisotopic (exact) mass is 221 g/mol. The Balaban J connectivity index is 2.37. The van der Waals surface area contributed by atoms with E-state index in [4.69, 9.17) is 4.74 Å². The Labute approximate surface area is 77.0 Å². The number of alkyl halides is 1. The normalized spacial score (nSPS) is 34.1. The van der Waals surface area contributed by atoms with Crippen LogP contribution >= 0.6 is 15.9 Å². The fraction of sp³-hybridized carbons (Fsp3) is 1.00. The molecule has 0 aromatic heterocycles. The van der Waals surface area contributed by atoms with Crippen LogP contribution in [0.2, 0.25) is 0 Å². The van der Waals surface area contributed by atoms with Crippen LogP contribution in [-0.4, -0.2) is 42.1 Å². The Morgan fingerprint density at radius 3 is 2.91 bits per heavy atom. The number of halogens is 1. The Morgan fingerprint density at radius 1 is 1.64 bits per heavy atom. The van der Waals surface area contributed by atoms with Gasteiger partial charge in [0.2, 0.25) is 0 Å². The number of ether oxygens (including phenoxy) is 1. The zero-order chi connectivity index (χ0) is 8.27. The molecule has 1 aliphatic heterocycles. The third kappa shape index (κ3) is 2.42. The third-order valence-corrected chi connectivity index (χ3v) is 2.94. The molecule has 0 aliphatic carbocycles. The van der Waals surface area contributed by atoms with Crippen LogP contribution in [-0.2, 0) is 4.74 Å². The summed E-state index contributed by atoms with van der Waals surface area (Å²) in [5.41, 5.74) is 0. The minimum Gasteiger partial charge on any atom is -0.374 e. The highest BCUT2D eigenvalue weighted by Gasteiger charge is 2.23. The van der Waals surface area contributed by atoms with Crippen molar-refractivity contribution in [3.05, 3.63) is 0 Å². The van der Waals surface area contributed by atoms with Crippen LogP contribution in [0.5, 0.6) is 0 Å². The largest absolute Gasteiger partial charge is 0.374 e. The fourth-order valence-electron chi connectivity index (χ4n) is 1.41. The minimum atomic E-state index is 0.395. The smallest absolute Gasteiger partial charge is 0.0799 e. The highest BCUT2D eigenvalue weighted by molar-refractivity contribution is 9.09. The van der Waals surface area contributed by atoms with E-state index >= 15 is 0 Å². The molecule has 2 atom stereocenters. The van der Waals surface area contributed by atoms with Crippen molar-refractivity contribution in [1.29, 1.82) is 0 Å². The third-order valence-electron chi connectivity index (χ3n) is 2.21. The molecule has 0 aromatic rings. The van der Waals surface area contributed by atoms with Crippen LogP contribution in [0.25, 0.3) is 0 Å². The van der Waals surface area contributed by atoms with Crippen molar-refractivity contribution in [2.45, 2.75) is 26.0 Å². The Kier molecular flexibility index (Phi) is 3.82. The molecule has 3 heteroatoms. The average molecular weight is 222 g/mol. The van der Waals surface area contributed by atoms with E-state index in [0.29, 0.717) is 12.1 Å². The zero-order valence-electron chi connectivity index (χ0n) is 7.22. The molecule has 1 saturated heterocycles. The standard InChI is InChI=1S/C8H16BrNO/c1-3-10-5-8(4-9)11-6-7(10)2/h7-8H,3-6H2,1-2H3. The van der Waals surface area contributed by atoms with Crippen LogP contribution < -0.4 is 0 Å². The molecule has 11 heavy (non-hydrogen) atoms. The van der Waals surface area contributed by atoms with Crippen molar-refractivity contribution in [2.24, 2.45) is 0 Å². The van der Waals surface area contributed by atoms with E-state index in [1.807, 2.05) is 0 Å². The summed E-state index contributed by atoms with van der Waals surface area (Å²) in [5.74, 6) is 0. The predicted octanol–water partition coefficient (Wildman–Crippen LogP) is 1.49. The molecule has 0 spiro atoms. The number of morpholine rings is 1. The lowest BCUT2D eigenvalue weighted by molar-refractivity contribution is -0.0444. The molecule has 2 unspecified atom stereocenters. The SMILES string of the molecule is CCN1CC(CBr)OCC1C. The summed E-state index contributed by atoms with van der Waals surface area (Å²) in [4.78, 5) is 2.45. The van der Waals surface area contributed by atoms with Gasteiger partial charge in [-0.2, -0.15) is 0 Å². The van der Waals surface area contributed by atoms with Gasteiger partial charge in [0.05, 0.1) is 12.7 Å². The quantitative estimate of drug-likeness (QED) is 0.656. The van der Waals surface area contributed by atoms with Crippen molar-refractivity contribution >= 4 is 15.9 Å². The van der Waals surface area contributed by atoms with Crippen LogP contribution in [0, 0.1) is 0 Å². The van der Waals surface area contributed by atoms with E-state index < -0.39 is 0 Å². The maximum Gasteiger partial charge on any atom is 0.0799 e. The number of hydrogen-bond acceptors (Lipinski definition) is 2. The first kappa shape index (κ1) is 9.49. The number of rotatable bonds is 2. The Hall–Kier alpha value is 0.400. The van der Waals surface area contributed by atoms with Crippen LogP contribution in [0.15, 0.2) is 0 Å². The van der Waals surface area contributed by atoms with Gasteiger partial charge in [0.1, 0.15) is 0 Å². The average Bonchev–Trinajstić information content (AvgIpc) is 2.05. The molecule has 1 heterocycles. The van der Waals surface area contributed by atoms with Gasteiger partial charge in [0.25, 0.3) is 0 Å². The highest BCUT2D eigenvalue weighted by atomic mass is 79.9. The first-order valence-electron chi connectivity index (χ1n) is 4.19. The van der Waals surface area contributed by atoms with E-state index in [-0.39, 0.29) is 0 Å². The highest BCUT2D eigenvalue weighted by Crippen LogP contribution is 2.12. The van der Waals surface area contributed by atoms with Crippen molar-refractivity contribution < 1.29 is 4.74 Å². The molecule has 0 amide bonds. The molecule has 0 saturated carbocycles. The van der Waals surface area contributed by atoms with Gasteiger partial charge in [-0.3, -0.25) is 4.90 Å². The molecule has 0 radical (unpaired) electrons.